The monoisotopic (exact) mass is 378 g/mol. The van der Waals surface area contributed by atoms with Crippen molar-refractivity contribution in [3.05, 3.63) is 76.3 Å². The Bertz CT molecular complexity index is 920. The van der Waals surface area contributed by atoms with E-state index in [9.17, 15) is 9.59 Å². The Balaban J connectivity index is 1.86. The summed E-state index contributed by atoms with van der Waals surface area (Å²) in [5.41, 5.74) is 1.47. The van der Waals surface area contributed by atoms with Gasteiger partial charge in [0.05, 0.1) is 0 Å². The summed E-state index contributed by atoms with van der Waals surface area (Å²) in [6.07, 6.45) is 3.33. The van der Waals surface area contributed by atoms with Gasteiger partial charge in [0.2, 0.25) is 0 Å². The minimum atomic E-state index is -1.13. The zero-order chi connectivity index (χ0) is 19.2. The lowest BCUT2D eigenvalue weighted by molar-refractivity contribution is -0.143. The van der Waals surface area contributed by atoms with E-state index < -0.39 is 5.41 Å². The van der Waals surface area contributed by atoms with Crippen LogP contribution >= 0.6 is 11.6 Å². The van der Waals surface area contributed by atoms with Crippen LogP contribution in [0.1, 0.15) is 43.4 Å². The predicted molar refractivity (Wildman–Crippen MR) is 109 cm³/mol. The van der Waals surface area contributed by atoms with Gasteiger partial charge in [-0.1, -0.05) is 80.0 Å². The number of ketones is 2. The van der Waals surface area contributed by atoms with Crippen LogP contribution in [-0.4, -0.2) is 11.6 Å². The molecule has 2 aromatic rings. The first kappa shape index (κ1) is 18.2. The Labute approximate surface area is 165 Å². The molecule has 2 aliphatic rings. The fraction of sp³-hybridized carbons (Fsp3) is 0.333. The van der Waals surface area contributed by atoms with Crippen molar-refractivity contribution in [1.82, 2.24) is 0 Å². The van der Waals surface area contributed by atoms with Gasteiger partial charge < -0.3 is 0 Å². The average Bonchev–Trinajstić information content (AvgIpc) is 2.97. The van der Waals surface area contributed by atoms with E-state index in [0.717, 1.165) is 16.7 Å². The second-order valence-corrected chi connectivity index (χ2v) is 8.96. The van der Waals surface area contributed by atoms with Crippen LogP contribution in [0.5, 0.6) is 0 Å². The van der Waals surface area contributed by atoms with Crippen molar-refractivity contribution in [3.63, 3.8) is 0 Å². The number of carbonyl (C=O) groups excluding carboxylic acids is 2. The molecule has 27 heavy (non-hydrogen) atoms. The van der Waals surface area contributed by atoms with Crippen LogP contribution in [-0.2, 0) is 21.4 Å². The Kier molecular flexibility index (Phi) is 4.35. The zero-order valence-corrected chi connectivity index (χ0v) is 16.4. The molecule has 138 valence electrons. The molecular formula is C24H23ClO2. The molecule has 2 nitrogen and oxygen atoms in total. The lowest BCUT2D eigenvalue weighted by Crippen LogP contribution is -2.54. The third-order valence-electron chi connectivity index (χ3n) is 5.98. The maximum absolute atomic E-state index is 13.5. The average molecular weight is 379 g/mol. The topological polar surface area (TPSA) is 34.1 Å². The summed E-state index contributed by atoms with van der Waals surface area (Å²) in [7, 11) is 0. The van der Waals surface area contributed by atoms with Crippen LogP contribution in [0.25, 0.3) is 6.08 Å². The summed E-state index contributed by atoms with van der Waals surface area (Å²) in [4.78, 5) is 26.9. The molecule has 0 radical (unpaired) electrons. The number of benzene rings is 2. The fourth-order valence-electron chi connectivity index (χ4n) is 4.81. The maximum atomic E-state index is 13.5. The zero-order valence-electron chi connectivity index (χ0n) is 15.7. The van der Waals surface area contributed by atoms with E-state index in [-0.39, 0.29) is 22.9 Å². The number of allylic oxidation sites excluding steroid dienone is 1. The van der Waals surface area contributed by atoms with Crippen LogP contribution in [0.2, 0.25) is 0 Å². The summed E-state index contributed by atoms with van der Waals surface area (Å²) in [6, 6.07) is 17.6. The second kappa shape index (κ2) is 6.45. The molecule has 4 rings (SSSR count). The molecule has 0 aliphatic heterocycles. The maximum Gasteiger partial charge on any atom is 0.152 e. The van der Waals surface area contributed by atoms with Gasteiger partial charge in [0.1, 0.15) is 5.41 Å². The second-order valence-electron chi connectivity index (χ2n) is 8.53. The van der Waals surface area contributed by atoms with Crippen molar-refractivity contribution < 1.29 is 9.59 Å². The summed E-state index contributed by atoms with van der Waals surface area (Å²) in [5, 5.41) is 0.582. The van der Waals surface area contributed by atoms with Crippen molar-refractivity contribution in [2.45, 2.75) is 38.5 Å². The molecule has 0 N–H and O–H groups in total. The Hall–Kier alpha value is -2.19. The van der Waals surface area contributed by atoms with Gasteiger partial charge >= 0.3 is 0 Å². The summed E-state index contributed by atoms with van der Waals surface area (Å²) < 4.78 is 0. The van der Waals surface area contributed by atoms with E-state index in [1.807, 2.05) is 74.5 Å². The fourth-order valence-corrected chi connectivity index (χ4v) is 5.18. The van der Waals surface area contributed by atoms with Crippen molar-refractivity contribution in [2.24, 2.45) is 11.3 Å². The van der Waals surface area contributed by atoms with Gasteiger partial charge in [-0.2, -0.15) is 0 Å². The number of halogens is 1. The molecule has 1 unspecified atom stereocenters. The Morgan fingerprint density at radius 1 is 0.963 bits per heavy atom. The largest absolute Gasteiger partial charge is 0.298 e. The van der Waals surface area contributed by atoms with Gasteiger partial charge in [0, 0.05) is 23.8 Å². The molecule has 3 heteroatoms. The van der Waals surface area contributed by atoms with Crippen LogP contribution in [0, 0.1) is 11.3 Å². The minimum absolute atomic E-state index is 0.0123. The first-order valence-electron chi connectivity index (χ1n) is 9.42. The lowest BCUT2D eigenvalue weighted by atomic mass is 9.58. The van der Waals surface area contributed by atoms with E-state index >= 15 is 0 Å². The molecule has 0 aromatic heterocycles. The third kappa shape index (κ3) is 2.87. The van der Waals surface area contributed by atoms with Crippen molar-refractivity contribution in [2.75, 3.05) is 0 Å². The predicted octanol–water partition coefficient (Wildman–Crippen LogP) is 5.33. The van der Waals surface area contributed by atoms with Gasteiger partial charge in [0.15, 0.2) is 11.6 Å². The van der Waals surface area contributed by atoms with Crippen LogP contribution in [0.15, 0.2) is 59.6 Å². The standard InChI is InChI=1S/C24H23ClO2/c1-23(2)14-21(26)24(22(27)15-23)18-11-7-6-10-17(18)13-19(24)20(25)12-16-8-4-3-5-9-16/h3-12,19H,13-15H2,1-2H3/b20-12-. The number of Topliss-reactive ketones (excluding diaryl/α,β-unsaturated/α-hetero) is 2. The molecule has 1 spiro atoms. The first-order valence-corrected chi connectivity index (χ1v) is 9.79. The van der Waals surface area contributed by atoms with E-state index in [2.05, 4.69) is 0 Å². The molecule has 2 aromatic carbocycles. The summed E-state index contributed by atoms with van der Waals surface area (Å²) in [5.74, 6) is -0.301. The highest BCUT2D eigenvalue weighted by molar-refractivity contribution is 6.33. The first-order chi connectivity index (χ1) is 12.8. The summed E-state index contributed by atoms with van der Waals surface area (Å²) >= 11 is 6.79. The molecule has 1 saturated carbocycles. The number of carbonyl (C=O) groups is 2. The number of hydrogen-bond acceptors (Lipinski definition) is 2. The van der Waals surface area contributed by atoms with Crippen LogP contribution in [0.3, 0.4) is 0 Å². The SMILES string of the molecule is CC1(C)CC(=O)C2(C(=O)C1)c1ccccc1CC2/C(Cl)=C/c1ccccc1. The number of rotatable bonds is 2. The van der Waals surface area contributed by atoms with Gasteiger partial charge in [-0.3, -0.25) is 9.59 Å². The highest BCUT2D eigenvalue weighted by Gasteiger charge is 2.61. The van der Waals surface area contributed by atoms with Gasteiger partial charge in [-0.25, -0.2) is 0 Å². The van der Waals surface area contributed by atoms with Gasteiger partial charge in [0.25, 0.3) is 0 Å². The van der Waals surface area contributed by atoms with E-state index in [4.69, 9.17) is 11.6 Å². The van der Waals surface area contributed by atoms with Crippen LogP contribution in [0.4, 0.5) is 0 Å². The molecule has 1 atom stereocenters. The van der Waals surface area contributed by atoms with Crippen LogP contribution < -0.4 is 0 Å². The molecule has 0 bridgehead atoms. The molecule has 0 amide bonds. The van der Waals surface area contributed by atoms with E-state index in [1.54, 1.807) is 0 Å². The van der Waals surface area contributed by atoms with E-state index in [1.165, 1.54) is 0 Å². The minimum Gasteiger partial charge on any atom is -0.298 e. The third-order valence-corrected chi connectivity index (χ3v) is 6.36. The van der Waals surface area contributed by atoms with E-state index in [0.29, 0.717) is 24.3 Å². The lowest BCUT2D eigenvalue weighted by Gasteiger charge is -2.42. The Morgan fingerprint density at radius 2 is 1.56 bits per heavy atom. The molecule has 1 fully saturated rings. The van der Waals surface area contributed by atoms with Gasteiger partial charge in [-0.15, -0.1) is 0 Å². The molecular weight excluding hydrogens is 356 g/mol. The quantitative estimate of drug-likeness (QED) is 0.661. The van der Waals surface area contributed by atoms with Crippen molar-refractivity contribution in [3.8, 4) is 0 Å². The number of fused-ring (bicyclic) bond motifs is 2. The smallest absolute Gasteiger partial charge is 0.152 e. The van der Waals surface area contributed by atoms with Crippen molar-refractivity contribution in [1.29, 1.82) is 0 Å². The summed E-state index contributed by atoms with van der Waals surface area (Å²) in [6.45, 7) is 3.99. The normalized spacial score (nSPS) is 23.5. The molecule has 2 aliphatic carbocycles. The molecule has 0 heterocycles. The van der Waals surface area contributed by atoms with Gasteiger partial charge in [-0.05, 0) is 34.6 Å². The molecule has 0 saturated heterocycles. The van der Waals surface area contributed by atoms with Crippen molar-refractivity contribution >= 4 is 29.2 Å². The number of hydrogen-bond donors (Lipinski definition) is 0. The Morgan fingerprint density at radius 3 is 2.22 bits per heavy atom. The highest BCUT2D eigenvalue weighted by atomic mass is 35.5. The highest BCUT2D eigenvalue weighted by Crippen LogP contribution is 2.54.